The number of nitrogens with zero attached hydrogens (tertiary/aromatic N) is 2. The van der Waals surface area contributed by atoms with E-state index in [1.807, 2.05) is 24.3 Å². The lowest BCUT2D eigenvalue weighted by molar-refractivity contribution is 0.591. The lowest BCUT2D eigenvalue weighted by Gasteiger charge is -2.30. The molecule has 0 saturated carbocycles. The highest BCUT2D eigenvalue weighted by molar-refractivity contribution is 7.93. The van der Waals surface area contributed by atoms with E-state index in [9.17, 15) is 12.6 Å². The molecule has 5 rings (SSSR count). The van der Waals surface area contributed by atoms with Gasteiger partial charge in [-0.3, -0.25) is 8.51 Å². The van der Waals surface area contributed by atoms with Crippen molar-refractivity contribution in [3.63, 3.8) is 0 Å². The van der Waals surface area contributed by atoms with E-state index >= 15 is 0 Å². The van der Waals surface area contributed by atoms with E-state index in [1.165, 1.54) is 9.87 Å². The fourth-order valence-corrected chi connectivity index (χ4v) is 7.19. The van der Waals surface area contributed by atoms with Crippen molar-refractivity contribution in [2.24, 2.45) is 0 Å². The fourth-order valence-electron chi connectivity index (χ4n) is 4.30. The maximum atomic E-state index is 13.6. The Bertz CT molecular complexity index is 1360. The van der Waals surface area contributed by atoms with Gasteiger partial charge in [0.1, 0.15) is 0 Å². The van der Waals surface area contributed by atoms with Gasteiger partial charge in [-0.05, 0) is 77.9 Å². The van der Waals surface area contributed by atoms with Crippen molar-refractivity contribution in [3.05, 3.63) is 77.4 Å². The van der Waals surface area contributed by atoms with Crippen LogP contribution in [0.2, 0.25) is 0 Å². The molecular weight excluding hydrogens is 428 g/mol. The molecule has 1 aliphatic carbocycles. The van der Waals surface area contributed by atoms with Gasteiger partial charge in [0.2, 0.25) is 0 Å². The second-order valence-corrected chi connectivity index (χ2v) is 11.2. The molecule has 0 fully saturated rings. The van der Waals surface area contributed by atoms with Gasteiger partial charge in [-0.2, -0.15) is 5.26 Å². The molecule has 31 heavy (non-hydrogen) atoms. The summed E-state index contributed by atoms with van der Waals surface area (Å²) in [6, 6.07) is 20.0. The molecule has 0 N–H and O–H groups in total. The molecule has 0 bridgehead atoms. The molecule has 3 aromatic rings. The Kier molecular flexibility index (Phi) is 4.92. The van der Waals surface area contributed by atoms with Crippen LogP contribution < -0.4 is 4.31 Å². The minimum absolute atomic E-state index is 0.176. The van der Waals surface area contributed by atoms with E-state index in [2.05, 4.69) is 6.07 Å². The Morgan fingerprint density at radius 1 is 0.903 bits per heavy atom. The minimum Gasteiger partial charge on any atom is -0.264 e. The minimum atomic E-state index is -3.77. The molecule has 5 nitrogen and oxygen atoms in total. The van der Waals surface area contributed by atoms with E-state index in [4.69, 9.17) is 5.26 Å². The third-order valence-electron chi connectivity index (χ3n) is 5.96. The third-order valence-corrected chi connectivity index (χ3v) is 9.16. The summed E-state index contributed by atoms with van der Waals surface area (Å²) in [7, 11) is -5.02. The van der Waals surface area contributed by atoms with Crippen LogP contribution in [-0.4, -0.2) is 24.9 Å². The van der Waals surface area contributed by atoms with Crippen molar-refractivity contribution >= 4 is 26.5 Å². The molecule has 0 radical (unpaired) electrons. The zero-order valence-corrected chi connectivity index (χ0v) is 18.4. The molecule has 2 aliphatic rings. The second-order valence-electron chi connectivity index (χ2n) is 7.78. The zero-order valence-electron chi connectivity index (χ0n) is 16.7. The second kappa shape index (κ2) is 7.63. The van der Waals surface area contributed by atoms with Crippen LogP contribution in [0.5, 0.6) is 0 Å². The number of hydrogen-bond acceptors (Lipinski definition) is 4. The molecule has 7 heteroatoms. The standard InChI is InChI=1S/C24H20N2O3S2/c25-16-17-4-6-19(7-5-17)21-9-11-24-23(15-21)26(12-13-30(24)27)31(28,29)22-10-8-18-2-1-3-20(18)14-22/h4-11,14-15H,1-3,12-13H2. The first-order valence-electron chi connectivity index (χ1n) is 10.1. The monoisotopic (exact) mass is 448 g/mol. The van der Waals surface area contributed by atoms with E-state index in [0.29, 0.717) is 16.1 Å². The van der Waals surface area contributed by atoms with Crippen LogP contribution in [0.3, 0.4) is 0 Å². The first-order valence-corrected chi connectivity index (χ1v) is 12.9. The molecule has 1 atom stereocenters. The summed E-state index contributed by atoms with van der Waals surface area (Å²) in [6.45, 7) is 0.176. The summed E-state index contributed by atoms with van der Waals surface area (Å²) in [5.41, 5.74) is 5.04. The highest BCUT2D eigenvalue weighted by atomic mass is 32.2. The van der Waals surface area contributed by atoms with Crippen LogP contribution in [-0.2, 0) is 33.7 Å². The largest absolute Gasteiger partial charge is 0.264 e. The van der Waals surface area contributed by atoms with Crippen LogP contribution >= 0.6 is 0 Å². The maximum absolute atomic E-state index is 13.6. The average Bonchev–Trinajstić information content (AvgIpc) is 3.27. The van der Waals surface area contributed by atoms with Crippen molar-refractivity contribution in [1.29, 1.82) is 5.26 Å². The Labute approximate surface area is 184 Å². The summed E-state index contributed by atoms with van der Waals surface area (Å²) in [5.74, 6) is 0.271. The van der Waals surface area contributed by atoms with Crippen molar-refractivity contribution < 1.29 is 12.6 Å². The van der Waals surface area contributed by atoms with Gasteiger partial charge in [0, 0.05) is 12.3 Å². The molecule has 0 aromatic heterocycles. The third kappa shape index (κ3) is 3.46. The molecule has 0 saturated heterocycles. The number of aryl methyl sites for hydroxylation is 2. The molecule has 1 aliphatic heterocycles. The quantitative estimate of drug-likeness (QED) is 0.606. The normalized spacial score (nSPS) is 17.6. The molecule has 3 aromatic carbocycles. The van der Waals surface area contributed by atoms with E-state index in [-0.39, 0.29) is 17.2 Å². The summed E-state index contributed by atoms with van der Waals surface area (Å²) < 4.78 is 41.2. The van der Waals surface area contributed by atoms with Gasteiger partial charge in [-0.1, -0.05) is 24.3 Å². The van der Waals surface area contributed by atoms with Gasteiger partial charge >= 0.3 is 0 Å². The Morgan fingerprint density at radius 3 is 2.42 bits per heavy atom. The Balaban J connectivity index is 1.59. The van der Waals surface area contributed by atoms with Gasteiger partial charge in [0.25, 0.3) is 10.0 Å². The fraction of sp³-hybridized carbons (Fsp3) is 0.208. The smallest absolute Gasteiger partial charge is 0.264 e. The zero-order chi connectivity index (χ0) is 21.6. The van der Waals surface area contributed by atoms with Gasteiger partial charge in [-0.25, -0.2) is 8.42 Å². The number of fused-ring (bicyclic) bond motifs is 2. The molecule has 156 valence electrons. The Morgan fingerprint density at radius 2 is 1.65 bits per heavy atom. The lowest BCUT2D eigenvalue weighted by atomic mass is 10.0. The van der Waals surface area contributed by atoms with Crippen LogP contribution in [0.4, 0.5) is 5.69 Å². The SMILES string of the molecule is N#Cc1ccc(-c2ccc3c(c2)N(S(=O)(=O)c2ccc4c(c2)CCC4)CCS3=O)cc1. The van der Waals surface area contributed by atoms with Crippen molar-refractivity contribution in [3.8, 4) is 17.2 Å². The lowest BCUT2D eigenvalue weighted by Crippen LogP contribution is -2.38. The molecule has 1 heterocycles. The van der Waals surface area contributed by atoms with Crippen LogP contribution in [0.15, 0.2) is 70.5 Å². The summed E-state index contributed by atoms with van der Waals surface area (Å²) in [4.78, 5) is 0.823. The number of sulfonamides is 1. The van der Waals surface area contributed by atoms with E-state index in [1.54, 1.807) is 36.4 Å². The average molecular weight is 449 g/mol. The van der Waals surface area contributed by atoms with Crippen molar-refractivity contribution in [2.45, 2.75) is 29.1 Å². The van der Waals surface area contributed by atoms with Gasteiger partial charge in [-0.15, -0.1) is 0 Å². The number of benzene rings is 3. The predicted molar refractivity (Wildman–Crippen MR) is 121 cm³/mol. The summed E-state index contributed by atoms with van der Waals surface area (Å²) in [5, 5.41) is 9.02. The summed E-state index contributed by atoms with van der Waals surface area (Å²) >= 11 is 0. The van der Waals surface area contributed by atoms with Gasteiger partial charge in [0.05, 0.1) is 37.9 Å². The molecule has 1 unspecified atom stereocenters. The summed E-state index contributed by atoms with van der Waals surface area (Å²) in [6.07, 6.45) is 2.95. The number of nitriles is 1. The number of hydrogen-bond donors (Lipinski definition) is 0. The van der Waals surface area contributed by atoms with Crippen LogP contribution in [0, 0.1) is 11.3 Å². The van der Waals surface area contributed by atoms with E-state index in [0.717, 1.165) is 36.0 Å². The molecular formula is C24H20N2O3S2. The number of anilines is 1. The highest BCUT2D eigenvalue weighted by Crippen LogP contribution is 2.37. The molecule has 0 spiro atoms. The van der Waals surface area contributed by atoms with Crippen molar-refractivity contribution in [1.82, 2.24) is 0 Å². The van der Waals surface area contributed by atoms with E-state index < -0.39 is 20.8 Å². The topological polar surface area (TPSA) is 78.2 Å². The van der Waals surface area contributed by atoms with Crippen LogP contribution in [0.25, 0.3) is 11.1 Å². The first kappa shape index (κ1) is 20.0. The maximum Gasteiger partial charge on any atom is 0.264 e. The molecule has 0 amide bonds. The van der Waals surface area contributed by atoms with Gasteiger partial charge < -0.3 is 0 Å². The van der Waals surface area contributed by atoms with Gasteiger partial charge in [0.15, 0.2) is 0 Å². The first-order chi connectivity index (χ1) is 15.0. The Hall–Kier alpha value is -2.95. The predicted octanol–water partition coefficient (Wildman–Crippen LogP) is 4.03. The highest BCUT2D eigenvalue weighted by Gasteiger charge is 2.33. The van der Waals surface area contributed by atoms with Crippen LogP contribution in [0.1, 0.15) is 23.1 Å². The van der Waals surface area contributed by atoms with Crippen molar-refractivity contribution in [2.75, 3.05) is 16.6 Å². The number of rotatable bonds is 3.